The highest BCUT2D eigenvalue weighted by molar-refractivity contribution is 7.85. The van der Waals surface area contributed by atoms with Gasteiger partial charge in [0.2, 0.25) is 5.91 Å². The summed E-state index contributed by atoms with van der Waals surface area (Å²) in [6.07, 6.45) is 1.05. The zero-order valence-electron chi connectivity index (χ0n) is 11.1. The smallest absolute Gasteiger partial charge is 0.225 e. The van der Waals surface area contributed by atoms with E-state index >= 15 is 0 Å². The molecule has 0 aliphatic carbocycles. The number of hydrogen-bond acceptors (Lipinski definition) is 3. The molecule has 0 aliphatic rings. The summed E-state index contributed by atoms with van der Waals surface area (Å²) in [5, 5.41) is 3.30. The third-order valence-electron chi connectivity index (χ3n) is 2.84. The summed E-state index contributed by atoms with van der Waals surface area (Å²) >= 11 is 5.83. The van der Waals surface area contributed by atoms with Crippen molar-refractivity contribution in [2.45, 2.75) is 31.9 Å². The Kier molecular flexibility index (Phi) is 6.31. The number of rotatable bonds is 6. The first kappa shape index (κ1) is 16.0. The third kappa shape index (κ3) is 5.20. The Hall–Kier alpha value is -1.07. The maximum Gasteiger partial charge on any atom is 0.225 e. The van der Waals surface area contributed by atoms with Crippen LogP contribution in [0.3, 0.4) is 0 Å². The number of anilines is 2. The number of nitrogens with two attached hydrogens (primary N) is 1. The maximum absolute atomic E-state index is 11.7. The normalized spacial score (nSPS) is 13.8. The van der Waals surface area contributed by atoms with Gasteiger partial charge in [-0.1, -0.05) is 25.4 Å². The van der Waals surface area contributed by atoms with Crippen LogP contribution < -0.4 is 11.1 Å². The van der Waals surface area contributed by atoms with Crippen LogP contribution in [0.5, 0.6) is 0 Å². The van der Waals surface area contributed by atoms with Gasteiger partial charge in [-0.15, -0.1) is 0 Å². The van der Waals surface area contributed by atoms with E-state index in [1.54, 1.807) is 18.2 Å². The molecule has 0 fully saturated rings. The number of carbonyl (C=O) groups is 1. The monoisotopic (exact) mass is 302 g/mol. The molecule has 1 aromatic carbocycles. The molecule has 0 spiro atoms. The molecule has 1 aromatic rings. The predicted molar refractivity (Wildman–Crippen MR) is 81.9 cm³/mol. The molecule has 6 heteroatoms. The van der Waals surface area contributed by atoms with Crippen LogP contribution in [0.15, 0.2) is 18.2 Å². The summed E-state index contributed by atoms with van der Waals surface area (Å²) in [5.74, 6) is 0.159. The Labute approximate surface area is 121 Å². The fraction of sp³-hybridized carbons (Fsp3) is 0.462. The molecule has 106 valence electrons. The molecule has 0 saturated carbocycles. The number of benzene rings is 1. The molecule has 2 unspecified atom stereocenters. The number of nitrogens with one attached hydrogen (secondary N) is 1. The highest BCUT2D eigenvalue weighted by Crippen LogP contribution is 2.23. The summed E-state index contributed by atoms with van der Waals surface area (Å²) < 4.78 is 11.7. The van der Waals surface area contributed by atoms with Crippen LogP contribution >= 0.6 is 11.6 Å². The minimum absolute atomic E-state index is 0.115. The van der Waals surface area contributed by atoms with Crippen molar-refractivity contribution in [3.8, 4) is 0 Å². The van der Waals surface area contributed by atoms with Gasteiger partial charge in [0.05, 0.1) is 11.4 Å². The lowest BCUT2D eigenvalue weighted by Crippen LogP contribution is -2.19. The molecule has 2 atom stereocenters. The van der Waals surface area contributed by atoms with Crippen molar-refractivity contribution in [2.24, 2.45) is 0 Å². The van der Waals surface area contributed by atoms with Crippen molar-refractivity contribution in [1.29, 1.82) is 0 Å². The number of halogens is 1. The lowest BCUT2D eigenvalue weighted by atomic mass is 10.2. The topological polar surface area (TPSA) is 72.2 Å². The van der Waals surface area contributed by atoms with E-state index in [9.17, 15) is 9.00 Å². The maximum atomic E-state index is 11.7. The van der Waals surface area contributed by atoms with Gasteiger partial charge in [0.15, 0.2) is 0 Å². The van der Waals surface area contributed by atoms with Gasteiger partial charge in [0.25, 0.3) is 0 Å². The Morgan fingerprint density at radius 3 is 2.84 bits per heavy atom. The number of carbonyl (C=O) groups excluding carboxylic acids is 1. The van der Waals surface area contributed by atoms with E-state index in [0.29, 0.717) is 22.2 Å². The van der Waals surface area contributed by atoms with E-state index in [1.807, 2.05) is 13.8 Å². The van der Waals surface area contributed by atoms with Crippen molar-refractivity contribution in [3.63, 3.8) is 0 Å². The summed E-state index contributed by atoms with van der Waals surface area (Å²) in [6.45, 7) is 3.90. The van der Waals surface area contributed by atoms with Gasteiger partial charge < -0.3 is 11.1 Å². The summed E-state index contributed by atoms with van der Waals surface area (Å²) in [7, 11) is -0.971. The van der Waals surface area contributed by atoms with Crippen molar-refractivity contribution < 1.29 is 9.00 Å². The minimum Gasteiger partial charge on any atom is -0.397 e. The molecule has 0 radical (unpaired) electrons. The van der Waals surface area contributed by atoms with Crippen LogP contribution in [-0.2, 0) is 15.6 Å². The van der Waals surface area contributed by atoms with Gasteiger partial charge in [-0.05, 0) is 24.6 Å². The fourth-order valence-electron chi connectivity index (χ4n) is 1.43. The summed E-state index contributed by atoms with van der Waals surface area (Å²) in [6, 6.07) is 4.89. The largest absolute Gasteiger partial charge is 0.397 e. The van der Waals surface area contributed by atoms with Crippen LogP contribution in [0.1, 0.15) is 26.7 Å². The van der Waals surface area contributed by atoms with E-state index in [4.69, 9.17) is 17.3 Å². The molecule has 0 aromatic heterocycles. The number of hydrogen-bond donors (Lipinski definition) is 2. The Morgan fingerprint density at radius 2 is 2.21 bits per heavy atom. The first-order chi connectivity index (χ1) is 8.93. The predicted octanol–water partition coefficient (Wildman–Crippen LogP) is 2.80. The minimum atomic E-state index is -0.971. The number of nitrogen functional groups attached to an aromatic ring is 1. The molecule has 1 amide bonds. The van der Waals surface area contributed by atoms with Crippen molar-refractivity contribution in [1.82, 2.24) is 0 Å². The van der Waals surface area contributed by atoms with E-state index in [2.05, 4.69) is 5.32 Å². The van der Waals surface area contributed by atoms with Gasteiger partial charge in [-0.25, -0.2) is 0 Å². The first-order valence-corrected chi connectivity index (χ1v) is 7.92. The Morgan fingerprint density at radius 1 is 1.53 bits per heavy atom. The molecule has 0 saturated heterocycles. The van der Waals surface area contributed by atoms with E-state index in [-0.39, 0.29) is 17.6 Å². The standard InChI is InChI=1S/C13H19ClN2O2S/c1-3-9(2)19(18)7-6-13(17)16-12-8-10(14)4-5-11(12)15/h4-5,8-9H,3,6-7,15H2,1-2H3,(H,16,17). The van der Waals surface area contributed by atoms with Crippen molar-refractivity contribution in [3.05, 3.63) is 23.2 Å². The number of amides is 1. The summed E-state index contributed by atoms with van der Waals surface area (Å²) in [5.41, 5.74) is 6.68. The lowest BCUT2D eigenvalue weighted by Gasteiger charge is -2.10. The van der Waals surface area contributed by atoms with Crippen LogP contribution in [0.25, 0.3) is 0 Å². The average molecular weight is 303 g/mol. The highest BCUT2D eigenvalue weighted by atomic mass is 35.5. The molecular weight excluding hydrogens is 284 g/mol. The SMILES string of the molecule is CCC(C)S(=O)CCC(=O)Nc1cc(Cl)ccc1N. The van der Waals surface area contributed by atoms with E-state index in [1.165, 1.54) is 0 Å². The zero-order chi connectivity index (χ0) is 14.4. The first-order valence-electron chi connectivity index (χ1n) is 6.16. The van der Waals surface area contributed by atoms with Crippen molar-refractivity contribution in [2.75, 3.05) is 16.8 Å². The van der Waals surface area contributed by atoms with Gasteiger partial charge >= 0.3 is 0 Å². The average Bonchev–Trinajstić information content (AvgIpc) is 2.39. The van der Waals surface area contributed by atoms with Gasteiger partial charge in [0.1, 0.15) is 0 Å². The highest BCUT2D eigenvalue weighted by Gasteiger charge is 2.12. The van der Waals surface area contributed by atoms with Crippen LogP contribution in [-0.4, -0.2) is 21.1 Å². The summed E-state index contributed by atoms with van der Waals surface area (Å²) in [4.78, 5) is 11.7. The second-order valence-electron chi connectivity index (χ2n) is 4.33. The fourth-order valence-corrected chi connectivity index (χ4v) is 2.76. The Bertz CT molecular complexity index is 480. The van der Waals surface area contributed by atoms with E-state index < -0.39 is 10.8 Å². The van der Waals surface area contributed by atoms with Gasteiger partial charge in [0, 0.05) is 33.2 Å². The molecule has 1 rings (SSSR count). The van der Waals surface area contributed by atoms with Crippen LogP contribution in [0.4, 0.5) is 11.4 Å². The molecule has 0 aliphatic heterocycles. The van der Waals surface area contributed by atoms with Crippen LogP contribution in [0, 0.1) is 0 Å². The zero-order valence-corrected chi connectivity index (χ0v) is 12.7. The Balaban J connectivity index is 2.52. The van der Waals surface area contributed by atoms with Gasteiger partial charge in [-0.3, -0.25) is 9.00 Å². The van der Waals surface area contributed by atoms with E-state index in [0.717, 1.165) is 6.42 Å². The third-order valence-corrected chi connectivity index (χ3v) is 4.92. The molecular formula is C13H19ClN2O2S. The lowest BCUT2D eigenvalue weighted by molar-refractivity contribution is -0.115. The molecule has 0 bridgehead atoms. The quantitative estimate of drug-likeness (QED) is 0.794. The molecule has 0 heterocycles. The molecule has 3 N–H and O–H groups in total. The second-order valence-corrected chi connectivity index (χ2v) is 6.74. The van der Waals surface area contributed by atoms with Gasteiger partial charge in [-0.2, -0.15) is 0 Å². The molecule has 19 heavy (non-hydrogen) atoms. The molecule has 4 nitrogen and oxygen atoms in total. The van der Waals surface area contributed by atoms with Crippen LogP contribution in [0.2, 0.25) is 5.02 Å². The van der Waals surface area contributed by atoms with Crippen molar-refractivity contribution >= 4 is 39.7 Å². The second kappa shape index (κ2) is 7.50.